The molecule has 3 aromatic rings. The summed E-state index contributed by atoms with van der Waals surface area (Å²) in [6.45, 7) is 1.50. The van der Waals surface area contributed by atoms with Gasteiger partial charge in [-0.1, -0.05) is 15.9 Å². The van der Waals surface area contributed by atoms with Crippen LogP contribution in [0.4, 0.5) is 18.9 Å². The van der Waals surface area contributed by atoms with Crippen LogP contribution >= 0.6 is 15.9 Å². The molecular formula is C19H13BrF3NO4. The maximum Gasteiger partial charge on any atom is 0.417 e. The van der Waals surface area contributed by atoms with Crippen molar-refractivity contribution >= 4 is 38.5 Å². The average Bonchev–Trinajstić information content (AvgIpc) is 2.61. The standard InChI is InChI=1S/C19H13BrF3NO4/c1-10-6-11(2-5-15(10)20)24-17(25)9-27-12-3-4-13-14(19(21,22)23)8-18(26)28-16(13)7-12/h2-8H,9H2,1H3,(H,24,25). The molecule has 0 aliphatic rings. The van der Waals surface area contributed by atoms with Crippen molar-refractivity contribution in [1.82, 2.24) is 0 Å². The number of anilines is 1. The number of halogens is 4. The summed E-state index contributed by atoms with van der Waals surface area (Å²) in [5, 5.41) is 2.38. The van der Waals surface area contributed by atoms with E-state index in [9.17, 15) is 22.8 Å². The quantitative estimate of drug-likeness (QED) is 0.568. The first kappa shape index (κ1) is 19.9. The van der Waals surface area contributed by atoms with Crippen LogP contribution < -0.4 is 15.7 Å². The number of benzene rings is 2. The molecule has 5 nitrogen and oxygen atoms in total. The maximum atomic E-state index is 13.0. The van der Waals surface area contributed by atoms with Gasteiger partial charge in [0.15, 0.2) is 6.61 Å². The number of carbonyl (C=O) groups is 1. The molecule has 0 unspecified atom stereocenters. The third-order valence-corrected chi connectivity index (χ3v) is 4.72. The van der Waals surface area contributed by atoms with E-state index in [0.29, 0.717) is 11.8 Å². The van der Waals surface area contributed by atoms with Crippen LogP contribution in [0.25, 0.3) is 11.0 Å². The predicted molar refractivity (Wildman–Crippen MR) is 100 cm³/mol. The molecule has 146 valence electrons. The van der Waals surface area contributed by atoms with E-state index in [0.717, 1.165) is 22.2 Å². The molecule has 1 N–H and O–H groups in total. The maximum absolute atomic E-state index is 13.0. The zero-order valence-electron chi connectivity index (χ0n) is 14.4. The van der Waals surface area contributed by atoms with E-state index >= 15 is 0 Å². The van der Waals surface area contributed by atoms with E-state index in [4.69, 9.17) is 9.15 Å². The number of aryl methyl sites for hydroxylation is 1. The minimum Gasteiger partial charge on any atom is -0.484 e. The summed E-state index contributed by atoms with van der Waals surface area (Å²) >= 11 is 3.36. The Kier molecular flexibility index (Phi) is 5.46. The smallest absolute Gasteiger partial charge is 0.417 e. The molecule has 9 heteroatoms. The number of ether oxygens (including phenoxy) is 1. The van der Waals surface area contributed by atoms with Crippen LogP contribution in [-0.4, -0.2) is 12.5 Å². The van der Waals surface area contributed by atoms with Crippen LogP contribution in [0, 0.1) is 6.92 Å². The SMILES string of the molecule is Cc1cc(NC(=O)COc2ccc3c(C(F)(F)F)cc(=O)oc3c2)ccc1Br. The van der Waals surface area contributed by atoms with Crippen LogP contribution in [0.5, 0.6) is 5.75 Å². The fraction of sp³-hybridized carbons (Fsp3) is 0.158. The highest BCUT2D eigenvalue weighted by Gasteiger charge is 2.33. The lowest BCUT2D eigenvalue weighted by atomic mass is 10.1. The van der Waals surface area contributed by atoms with Gasteiger partial charge in [-0.25, -0.2) is 4.79 Å². The number of amides is 1. The fourth-order valence-electron chi connectivity index (χ4n) is 2.54. The van der Waals surface area contributed by atoms with Gasteiger partial charge in [-0.15, -0.1) is 0 Å². The first-order chi connectivity index (χ1) is 13.1. The van der Waals surface area contributed by atoms with Crippen molar-refractivity contribution in [2.75, 3.05) is 11.9 Å². The molecule has 0 atom stereocenters. The van der Waals surface area contributed by atoms with Crippen LogP contribution in [0.1, 0.15) is 11.1 Å². The summed E-state index contributed by atoms with van der Waals surface area (Å²) in [7, 11) is 0. The minimum atomic E-state index is -4.70. The number of nitrogens with one attached hydrogen (secondary N) is 1. The topological polar surface area (TPSA) is 68.5 Å². The van der Waals surface area contributed by atoms with Crippen LogP contribution in [0.2, 0.25) is 0 Å². The highest BCUT2D eigenvalue weighted by Crippen LogP contribution is 2.34. The lowest BCUT2D eigenvalue weighted by molar-refractivity contribution is -0.136. The van der Waals surface area contributed by atoms with Crippen molar-refractivity contribution < 1.29 is 27.1 Å². The third-order valence-electron chi connectivity index (χ3n) is 3.83. The second-order valence-electron chi connectivity index (χ2n) is 5.94. The Morgan fingerprint density at radius 1 is 1.18 bits per heavy atom. The van der Waals surface area contributed by atoms with Crippen molar-refractivity contribution in [2.45, 2.75) is 13.1 Å². The van der Waals surface area contributed by atoms with Gasteiger partial charge in [-0.3, -0.25) is 4.79 Å². The predicted octanol–water partition coefficient (Wildman–Crippen LogP) is 4.90. The Morgan fingerprint density at radius 2 is 1.93 bits per heavy atom. The van der Waals surface area contributed by atoms with Crippen LogP contribution in [0.3, 0.4) is 0 Å². The van der Waals surface area contributed by atoms with Gasteiger partial charge in [0.2, 0.25) is 0 Å². The van der Waals surface area contributed by atoms with Crippen molar-refractivity contribution in [1.29, 1.82) is 0 Å². The number of alkyl halides is 3. The Balaban J connectivity index is 1.75. The molecule has 0 aliphatic carbocycles. The number of fused-ring (bicyclic) bond motifs is 1. The van der Waals surface area contributed by atoms with Gasteiger partial charge >= 0.3 is 11.8 Å². The normalized spacial score (nSPS) is 11.5. The molecule has 1 amide bonds. The summed E-state index contributed by atoms with van der Waals surface area (Å²) in [4.78, 5) is 23.4. The lowest BCUT2D eigenvalue weighted by Gasteiger charge is -2.11. The van der Waals surface area contributed by atoms with Crippen molar-refractivity contribution in [2.24, 2.45) is 0 Å². The Hall–Kier alpha value is -2.81. The van der Waals surface area contributed by atoms with Gasteiger partial charge in [0.1, 0.15) is 11.3 Å². The number of rotatable bonds is 4. The van der Waals surface area contributed by atoms with Gasteiger partial charge < -0.3 is 14.5 Å². The summed E-state index contributed by atoms with van der Waals surface area (Å²) in [5.74, 6) is -0.357. The van der Waals surface area contributed by atoms with Gasteiger partial charge in [-0.2, -0.15) is 13.2 Å². The zero-order valence-corrected chi connectivity index (χ0v) is 16.0. The minimum absolute atomic E-state index is 0.0945. The monoisotopic (exact) mass is 455 g/mol. The van der Waals surface area contributed by atoms with E-state index in [-0.39, 0.29) is 23.3 Å². The molecule has 0 saturated heterocycles. The molecule has 1 aromatic heterocycles. The van der Waals surface area contributed by atoms with Gasteiger partial charge in [0.25, 0.3) is 5.91 Å². The van der Waals surface area contributed by atoms with E-state index in [1.165, 1.54) is 6.07 Å². The van der Waals surface area contributed by atoms with Gasteiger partial charge in [0.05, 0.1) is 5.56 Å². The number of hydrogen-bond donors (Lipinski definition) is 1. The van der Waals surface area contributed by atoms with E-state index in [1.54, 1.807) is 18.2 Å². The Morgan fingerprint density at radius 3 is 2.61 bits per heavy atom. The molecule has 0 radical (unpaired) electrons. The average molecular weight is 456 g/mol. The lowest BCUT2D eigenvalue weighted by Crippen LogP contribution is -2.20. The Labute approximate surface area is 165 Å². The third kappa shape index (κ3) is 4.53. The van der Waals surface area contributed by atoms with Gasteiger partial charge in [0, 0.05) is 27.7 Å². The molecule has 0 bridgehead atoms. The summed E-state index contributed by atoms with van der Waals surface area (Å²) in [5.41, 5.74) is -0.979. The largest absolute Gasteiger partial charge is 0.484 e. The van der Waals surface area contributed by atoms with E-state index < -0.39 is 23.3 Å². The molecule has 28 heavy (non-hydrogen) atoms. The first-order valence-corrected chi connectivity index (χ1v) is 8.77. The number of hydrogen-bond acceptors (Lipinski definition) is 4. The molecule has 1 heterocycles. The molecule has 0 spiro atoms. The van der Waals surface area contributed by atoms with Crippen LogP contribution in [0.15, 0.2) is 56.1 Å². The second kappa shape index (κ2) is 7.67. The van der Waals surface area contributed by atoms with Gasteiger partial charge in [-0.05, 0) is 42.8 Å². The van der Waals surface area contributed by atoms with Crippen LogP contribution in [-0.2, 0) is 11.0 Å². The highest BCUT2D eigenvalue weighted by molar-refractivity contribution is 9.10. The highest BCUT2D eigenvalue weighted by atomic mass is 79.9. The molecular weight excluding hydrogens is 443 g/mol. The second-order valence-corrected chi connectivity index (χ2v) is 6.79. The van der Waals surface area contributed by atoms with Crippen molar-refractivity contribution in [3.05, 3.63) is 68.5 Å². The van der Waals surface area contributed by atoms with E-state index in [2.05, 4.69) is 21.2 Å². The zero-order chi connectivity index (χ0) is 20.5. The fourth-order valence-corrected chi connectivity index (χ4v) is 2.78. The van der Waals surface area contributed by atoms with E-state index in [1.807, 2.05) is 6.92 Å². The molecule has 3 rings (SSSR count). The summed E-state index contributed by atoms with van der Waals surface area (Å²) < 4.78 is 50.2. The first-order valence-electron chi connectivity index (χ1n) is 7.97. The summed E-state index contributed by atoms with van der Waals surface area (Å²) in [6.07, 6.45) is -4.70. The molecule has 0 aliphatic heterocycles. The number of carbonyl (C=O) groups excluding carboxylic acids is 1. The summed E-state index contributed by atoms with van der Waals surface area (Å²) in [6, 6.07) is 9.21. The molecule has 2 aromatic carbocycles. The van der Waals surface area contributed by atoms with Crippen molar-refractivity contribution in [3.63, 3.8) is 0 Å². The van der Waals surface area contributed by atoms with Crippen molar-refractivity contribution in [3.8, 4) is 5.75 Å². The molecule has 0 saturated carbocycles. The molecule has 0 fully saturated rings. The Bertz CT molecular complexity index is 1110.